The van der Waals surface area contributed by atoms with E-state index in [1.54, 1.807) is 6.92 Å². The Hall–Kier alpha value is -0.610. The molecule has 0 atom stereocenters. The predicted molar refractivity (Wildman–Crippen MR) is 71.5 cm³/mol. The van der Waals surface area contributed by atoms with Crippen LogP contribution in [0.2, 0.25) is 0 Å². The molecule has 1 rings (SSSR count). The van der Waals surface area contributed by atoms with Gasteiger partial charge in [0.1, 0.15) is 6.61 Å². The molecule has 1 fully saturated rings. The summed E-state index contributed by atoms with van der Waals surface area (Å²) >= 11 is 0. The molecule has 1 N–H and O–H groups in total. The van der Waals surface area contributed by atoms with Crippen LogP contribution < -0.4 is 5.32 Å². The van der Waals surface area contributed by atoms with Gasteiger partial charge in [-0.3, -0.25) is 0 Å². The van der Waals surface area contributed by atoms with Crippen LogP contribution in [0.1, 0.15) is 45.4 Å². The fourth-order valence-electron chi connectivity index (χ4n) is 2.44. The lowest BCUT2D eigenvalue weighted by molar-refractivity contribution is -0.148. The molecule has 0 bridgehead atoms. The highest BCUT2D eigenvalue weighted by Gasteiger charge is 2.13. The number of carbonyl (C=O) groups excluding carboxylic acids is 1. The van der Waals surface area contributed by atoms with Crippen molar-refractivity contribution in [1.82, 2.24) is 5.32 Å². The largest absolute Gasteiger partial charge is 0.464 e. The van der Waals surface area contributed by atoms with Crippen molar-refractivity contribution >= 4 is 5.97 Å². The SMILES string of the molecule is CCOC(=O)COCCNCCCC1CCCC1. The second kappa shape index (κ2) is 10.3. The molecule has 1 aliphatic rings. The van der Waals surface area contributed by atoms with E-state index in [1.165, 1.54) is 38.5 Å². The van der Waals surface area contributed by atoms with Crippen molar-refractivity contribution in [3.05, 3.63) is 0 Å². The van der Waals surface area contributed by atoms with Crippen molar-refractivity contribution in [3.63, 3.8) is 0 Å². The summed E-state index contributed by atoms with van der Waals surface area (Å²) in [5.74, 6) is 0.700. The van der Waals surface area contributed by atoms with E-state index >= 15 is 0 Å². The van der Waals surface area contributed by atoms with Crippen molar-refractivity contribution in [3.8, 4) is 0 Å². The van der Waals surface area contributed by atoms with E-state index in [-0.39, 0.29) is 12.6 Å². The standard InChI is InChI=1S/C14H27NO3/c1-2-18-14(16)12-17-11-10-15-9-5-8-13-6-3-4-7-13/h13,15H,2-12H2,1H3. The van der Waals surface area contributed by atoms with E-state index in [9.17, 15) is 4.79 Å². The van der Waals surface area contributed by atoms with Crippen molar-refractivity contribution < 1.29 is 14.3 Å². The number of esters is 1. The zero-order valence-corrected chi connectivity index (χ0v) is 11.6. The lowest BCUT2D eigenvalue weighted by Crippen LogP contribution is -2.23. The van der Waals surface area contributed by atoms with Gasteiger partial charge in [0, 0.05) is 6.54 Å². The Balaban J connectivity index is 1.77. The molecule has 106 valence electrons. The van der Waals surface area contributed by atoms with Crippen LogP contribution in [-0.4, -0.2) is 38.9 Å². The van der Waals surface area contributed by atoms with Gasteiger partial charge in [0.25, 0.3) is 0 Å². The Labute approximate surface area is 110 Å². The summed E-state index contributed by atoms with van der Waals surface area (Å²) in [7, 11) is 0. The van der Waals surface area contributed by atoms with E-state index in [0.717, 1.165) is 19.0 Å². The molecule has 0 radical (unpaired) electrons. The average Bonchev–Trinajstić information content (AvgIpc) is 2.86. The molecule has 1 saturated carbocycles. The number of carbonyl (C=O) groups is 1. The van der Waals surface area contributed by atoms with Crippen LogP contribution >= 0.6 is 0 Å². The van der Waals surface area contributed by atoms with Gasteiger partial charge in [0.05, 0.1) is 13.2 Å². The van der Waals surface area contributed by atoms with Crippen molar-refractivity contribution in [2.24, 2.45) is 5.92 Å². The maximum absolute atomic E-state index is 11.0. The summed E-state index contributed by atoms with van der Waals surface area (Å²) in [6.45, 7) is 4.72. The zero-order chi connectivity index (χ0) is 13.1. The first-order valence-electron chi connectivity index (χ1n) is 7.27. The summed E-state index contributed by atoms with van der Waals surface area (Å²) < 4.78 is 9.95. The van der Waals surface area contributed by atoms with E-state index < -0.39 is 0 Å². The third kappa shape index (κ3) is 7.67. The first-order valence-corrected chi connectivity index (χ1v) is 7.27. The van der Waals surface area contributed by atoms with Gasteiger partial charge >= 0.3 is 5.97 Å². The molecule has 0 spiro atoms. The Kier molecular flexibility index (Phi) is 8.86. The minimum Gasteiger partial charge on any atom is -0.464 e. The molecule has 0 heterocycles. The Morgan fingerprint density at radius 1 is 1.28 bits per heavy atom. The molecular formula is C14H27NO3. The summed E-state index contributed by atoms with van der Waals surface area (Å²) in [6, 6.07) is 0. The van der Waals surface area contributed by atoms with Gasteiger partial charge in [-0.1, -0.05) is 25.7 Å². The zero-order valence-electron chi connectivity index (χ0n) is 11.6. The first-order chi connectivity index (χ1) is 8.83. The number of ether oxygens (including phenoxy) is 2. The molecule has 1 aliphatic carbocycles. The molecular weight excluding hydrogens is 230 g/mol. The Morgan fingerprint density at radius 2 is 2.06 bits per heavy atom. The van der Waals surface area contributed by atoms with E-state index in [2.05, 4.69) is 5.32 Å². The molecule has 4 nitrogen and oxygen atoms in total. The highest BCUT2D eigenvalue weighted by molar-refractivity contribution is 5.70. The topological polar surface area (TPSA) is 47.6 Å². The fraction of sp³-hybridized carbons (Fsp3) is 0.929. The van der Waals surface area contributed by atoms with Crippen LogP contribution in [0.15, 0.2) is 0 Å². The van der Waals surface area contributed by atoms with Crippen molar-refractivity contribution in [2.45, 2.75) is 45.4 Å². The van der Waals surface area contributed by atoms with Gasteiger partial charge in [0.2, 0.25) is 0 Å². The minimum absolute atomic E-state index is 0.0671. The van der Waals surface area contributed by atoms with Gasteiger partial charge in [-0.2, -0.15) is 0 Å². The number of hydrogen-bond acceptors (Lipinski definition) is 4. The van der Waals surface area contributed by atoms with Gasteiger partial charge in [-0.15, -0.1) is 0 Å². The first kappa shape index (κ1) is 15.4. The van der Waals surface area contributed by atoms with Gasteiger partial charge in [0.15, 0.2) is 0 Å². The highest BCUT2D eigenvalue weighted by atomic mass is 16.6. The third-order valence-corrected chi connectivity index (χ3v) is 3.39. The maximum atomic E-state index is 11.0. The van der Waals surface area contributed by atoms with Crippen molar-refractivity contribution in [2.75, 3.05) is 32.9 Å². The molecule has 4 heteroatoms. The molecule has 0 aromatic carbocycles. The van der Waals surface area contributed by atoms with Crippen LogP contribution in [0.25, 0.3) is 0 Å². The third-order valence-electron chi connectivity index (χ3n) is 3.39. The Morgan fingerprint density at radius 3 is 2.78 bits per heavy atom. The van der Waals surface area contributed by atoms with Crippen LogP contribution in [0.5, 0.6) is 0 Å². The second-order valence-corrected chi connectivity index (χ2v) is 4.90. The molecule has 0 aromatic rings. The summed E-state index contributed by atoms with van der Waals surface area (Å²) in [5.41, 5.74) is 0. The van der Waals surface area contributed by atoms with Crippen LogP contribution in [0.3, 0.4) is 0 Å². The smallest absolute Gasteiger partial charge is 0.332 e. The predicted octanol–water partition coefficient (Wildman–Crippen LogP) is 2.13. The van der Waals surface area contributed by atoms with Crippen LogP contribution in [0.4, 0.5) is 0 Å². The molecule has 0 saturated heterocycles. The lowest BCUT2D eigenvalue weighted by Gasteiger charge is -2.09. The summed E-state index contributed by atoms with van der Waals surface area (Å²) in [4.78, 5) is 11.0. The van der Waals surface area contributed by atoms with Gasteiger partial charge in [-0.25, -0.2) is 4.79 Å². The summed E-state index contributed by atoms with van der Waals surface area (Å²) in [5, 5.41) is 3.34. The molecule has 0 aliphatic heterocycles. The van der Waals surface area contributed by atoms with E-state index in [1.807, 2.05) is 0 Å². The number of nitrogens with one attached hydrogen (secondary N) is 1. The molecule has 0 unspecified atom stereocenters. The second-order valence-electron chi connectivity index (χ2n) is 4.90. The monoisotopic (exact) mass is 257 g/mol. The minimum atomic E-state index is -0.279. The molecule has 0 amide bonds. The van der Waals surface area contributed by atoms with E-state index in [0.29, 0.717) is 13.2 Å². The van der Waals surface area contributed by atoms with Crippen LogP contribution in [0, 0.1) is 5.92 Å². The Bertz CT molecular complexity index is 215. The normalized spacial score (nSPS) is 16.1. The average molecular weight is 257 g/mol. The maximum Gasteiger partial charge on any atom is 0.332 e. The number of rotatable bonds is 10. The van der Waals surface area contributed by atoms with Gasteiger partial charge in [-0.05, 0) is 32.2 Å². The van der Waals surface area contributed by atoms with Gasteiger partial charge < -0.3 is 14.8 Å². The molecule has 0 aromatic heterocycles. The fourth-order valence-corrected chi connectivity index (χ4v) is 2.44. The lowest BCUT2D eigenvalue weighted by atomic mass is 10.0. The number of hydrogen-bond donors (Lipinski definition) is 1. The highest BCUT2D eigenvalue weighted by Crippen LogP contribution is 2.28. The molecule has 18 heavy (non-hydrogen) atoms. The van der Waals surface area contributed by atoms with Crippen LogP contribution in [-0.2, 0) is 14.3 Å². The van der Waals surface area contributed by atoms with Crippen molar-refractivity contribution in [1.29, 1.82) is 0 Å². The summed E-state index contributed by atoms with van der Waals surface area (Å²) in [6.07, 6.45) is 8.34. The quantitative estimate of drug-likeness (QED) is 0.481. The van der Waals surface area contributed by atoms with E-state index in [4.69, 9.17) is 9.47 Å².